The van der Waals surface area contributed by atoms with E-state index in [-0.39, 0.29) is 18.4 Å². The number of nitrogens with one attached hydrogen (secondary N) is 1. The zero-order valence-electron chi connectivity index (χ0n) is 11.0. The molecule has 0 aliphatic carbocycles. The summed E-state index contributed by atoms with van der Waals surface area (Å²) in [5.74, 6) is -0.607. The van der Waals surface area contributed by atoms with E-state index in [1.54, 1.807) is 6.92 Å². The van der Waals surface area contributed by atoms with Crippen molar-refractivity contribution in [3.05, 3.63) is 0 Å². The summed E-state index contributed by atoms with van der Waals surface area (Å²) in [7, 11) is 1.47. The van der Waals surface area contributed by atoms with Gasteiger partial charge in [0.15, 0.2) is 0 Å². The third-order valence-electron chi connectivity index (χ3n) is 3.60. The first-order chi connectivity index (χ1) is 8.95. The van der Waals surface area contributed by atoms with Gasteiger partial charge in [0.1, 0.15) is 6.04 Å². The van der Waals surface area contributed by atoms with Crippen LogP contribution in [0.15, 0.2) is 0 Å². The zero-order valence-corrected chi connectivity index (χ0v) is 11.0. The van der Waals surface area contributed by atoms with E-state index in [9.17, 15) is 19.6 Å². The van der Waals surface area contributed by atoms with Gasteiger partial charge in [-0.1, -0.05) is 6.92 Å². The van der Waals surface area contributed by atoms with Crippen molar-refractivity contribution in [1.82, 2.24) is 20.4 Å². The Labute approximate surface area is 110 Å². The first kappa shape index (κ1) is 13.6. The molecule has 8 heteroatoms. The van der Waals surface area contributed by atoms with Crippen LogP contribution in [-0.2, 0) is 9.59 Å². The average molecular weight is 270 g/mol. The average Bonchev–Trinajstić information content (AvgIpc) is 2.63. The monoisotopic (exact) mass is 270 g/mol. The van der Waals surface area contributed by atoms with E-state index in [1.807, 2.05) is 0 Å². The Kier molecular flexibility index (Phi) is 3.61. The summed E-state index contributed by atoms with van der Waals surface area (Å²) in [5.41, 5.74) is 2.47. The van der Waals surface area contributed by atoms with E-state index in [1.165, 1.54) is 11.9 Å². The third-order valence-corrected chi connectivity index (χ3v) is 3.60. The van der Waals surface area contributed by atoms with Crippen LogP contribution in [-0.4, -0.2) is 63.7 Å². The van der Waals surface area contributed by atoms with Crippen LogP contribution in [0.3, 0.4) is 0 Å². The van der Waals surface area contributed by atoms with E-state index < -0.39 is 18.0 Å². The number of fused-ring (bicyclic) bond motifs is 2. The number of carbonyl (C=O) groups is 3. The summed E-state index contributed by atoms with van der Waals surface area (Å²) in [6.45, 7) is 2.04. The first-order valence-corrected chi connectivity index (χ1v) is 6.31. The van der Waals surface area contributed by atoms with Crippen LogP contribution in [0.25, 0.3) is 0 Å². The lowest BCUT2D eigenvalue weighted by atomic mass is 10.0. The van der Waals surface area contributed by atoms with Crippen molar-refractivity contribution in [3.8, 4) is 0 Å². The molecule has 2 N–H and O–H groups in total. The standard InChI is InChI=1S/C11H18N4O4/c1-3-9(16)13(2)12-10(17)8-5-4-7-6-14(8)11(18)15(7)19/h7-8,19H,3-6H2,1-2H3,(H,12,17). The summed E-state index contributed by atoms with van der Waals surface area (Å²) >= 11 is 0. The van der Waals surface area contributed by atoms with Crippen molar-refractivity contribution < 1.29 is 19.6 Å². The van der Waals surface area contributed by atoms with Crippen molar-refractivity contribution in [2.45, 2.75) is 38.3 Å². The molecular weight excluding hydrogens is 252 g/mol. The van der Waals surface area contributed by atoms with Crippen LogP contribution in [0.4, 0.5) is 4.79 Å². The second-order valence-corrected chi connectivity index (χ2v) is 4.81. The van der Waals surface area contributed by atoms with Crippen molar-refractivity contribution in [3.63, 3.8) is 0 Å². The van der Waals surface area contributed by atoms with E-state index >= 15 is 0 Å². The SMILES string of the molecule is CCC(=O)N(C)NC(=O)C1CCC2CN1C(=O)N2O. The second-order valence-electron chi connectivity index (χ2n) is 4.81. The normalized spacial score (nSPS) is 25.5. The fraction of sp³-hybridized carbons (Fsp3) is 0.727. The van der Waals surface area contributed by atoms with E-state index in [2.05, 4.69) is 5.43 Å². The van der Waals surface area contributed by atoms with Crippen LogP contribution in [0.5, 0.6) is 0 Å². The molecule has 2 fully saturated rings. The molecule has 19 heavy (non-hydrogen) atoms. The highest BCUT2D eigenvalue weighted by molar-refractivity contribution is 5.89. The molecule has 2 aliphatic heterocycles. The molecule has 2 unspecified atom stereocenters. The maximum Gasteiger partial charge on any atom is 0.344 e. The van der Waals surface area contributed by atoms with Gasteiger partial charge in [0.05, 0.1) is 6.04 Å². The van der Waals surface area contributed by atoms with Crippen LogP contribution < -0.4 is 5.43 Å². The smallest absolute Gasteiger partial charge is 0.309 e. The Bertz CT molecular complexity index is 413. The molecule has 2 rings (SSSR count). The Hall–Kier alpha value is -1.83. The van der Waals surface area contributed by atoms with Crippen LogP contribution in [0, 0.1) is 0 Å². The molecule has 2 atom stereocenters. The highest BCUT2D eigenvalue weighted by Crippen LogP contribution is 2.28. The number of piperidine rings is 1. The molecule has 0 saturated carbocycles. The lowest BCUT2D eigenvalue weighted by Gasteiger charge is -2.30. The summed E-state index contributed by atoms with van der Waals surface area (Å²) in [6, 6.07) is -1.41. The third kappa shape index (κ3) is 2.35. The minimum Gasteiger partial charge on any atom is -0.309 e. The molecule has 4 amide bonds. The van der Waals surface area contributed by atoms with Gasteiger partial charge in [0.25, 0.3) is 5.91 Å². The molecule has 0 aromatic rings. The topological polar surface area (TPSA) is 93.2 Å². The van der Waals surface area contributed by atoms with Gasteiger partial charge < -0.3 is 4.90 Å². The molecule has 0 aromatic carbocycles. The van der Waals surface area contributed by atoms with Gasteiger partial charge in [-0.2, -0.15) is 0 Å². The van der Waals surface area contributed by atoms with E-state index in [0.717, 1.165) is 5.01 Å². The quantitative estimate of drug-likeness (QED) is 0.524. The van der Waals surface area contributed by atoms with Gasteiger partial charge in [-0.3, -0.25) is 25.2 Å². The first-order valence-electron chi connectivity index (χ1n) is 6.31. The number of amides is 4. The predicted molar refractivity (Wildman–Crippen MR) is 63.7 cm³/mol. The van der Waals surface area contributed by atoms with Gasteiger partial charge in [-0.15, -0.1) is 0 Å². The molecule has 2 aliphatic rings. The second kappa shape index (κ2) is 5.04. The summed E-state index contributed by atoms with van der Waals surface area (Å²) in [6.07, 6.45) is 1.34. The number of hydroxylamine groups is 2. The maximum atomic E-state index is 12.1. The maximum absolute atomic E-state index is 12.1. The van der Waals surface area contributed by atoms with Gasteiger partial charge in [0.2, 0.25) is 5.91 Å². The van der Waals surface area contributed by atoms with Crippen molar-refractivity contribution in [2.24, 2.45) is 0 Å². The zero-order chi connectivity index (χ0) is 14.2. The summed E-state index contributed by atoms with van der Waals surface area (Å²) < 4.78 is 0. The number of rotatable bonds is 2. The van der Waals surface area contributed by atoms with Crippen molar-refractivity contribution in [2.75, 3.05) is 13.6 Å². The Morgan fingerprint density at radius 3 is 2.79 bits per heavy atom. The van der Waals surface area contributed by atoms with Crippen LogP contribution in [0.1, 0.15) is 26.2 Å². The number of hydrazine groups is 1. The number of urea groups is 1. The molecule has 8 nitrogen and oxygen atoms in total. The van der Waals surface area contributed by atoms with Crippen LogP contribution in [0.2, 0.25) is 0 Å². The lowest BCUT2D eigenvalue weighted by Crippen LogP contribution is -2.54. The molecule has 106 valence electrons. The van der Waals surface area contributed by atoms with E-state index in [4.69, 9.17) is 0 Å². The molecule has 0 spiro atoms. The van der Waals surface area contributed by atoms with Crippen LogP contribution >= 0.6 is 0 Å². The molecule has 2 saturated heterocycles. The largest absolute Gasteiger partial charge is 0.344 e. The van der Waals surface area contributed by atoms with Gasteiger partial charge in [-0.05, 0) is 12.8 Å². The summed E-state index contributed by atoms with van der Waals surface area (Å²) in [4.78, 5) is 36.5. The Morgan fingerprint density at radius 2 is 2.16 bits per heavy atom. The van der Waals surface area contributed by atoms with E-state index in [0.29, 0.717) is 24.4 Å². The fourth-order valence-electron chi connectivity index (χ4n) is 2.46. The Balaban J connectivity index is 2.00. The van der Waals surface area contributed by atoms with Crippen molar-refractivity contribution >= 4 is 17.8 Å². The fourth-order valence-corrected chi connectivity index (χ4v) is 2.46. The van der Waals surface area contributed by atoms with Gasteiger partial charge in [-0.25, -0.2) is 9.86 Å². The number of hydrogen-bond acceptors (Lipinski definition) is 4. The molecule has 2 bridgehead atoms. The minimum absolute atomic E-state index is 0.210. The lowest BCUT2D eigenvalue weighted by molar-refractivity contribution is -0.141. The molecular formula is C11H18N4O4. The van der Waals surface area contributed by atoms with Gasteiger partial charge in [0, 0.05) is 20.0 Å². The van der Waals surface area contributed by atoms with Crippen molar-refractivity contribution in [1.29, 1.82) is 0 Å². The summed E-state index contributed by atoms with van der Waals surface area (Å²) in [5, 5.41) is 11.3. The predicted octanol–water partition coefficient (Wildman–Crippen LogP) is -0.456. The highest BCUT2D eigenvalue weighted by atomic mass is 16.5. The Morgan fingerprint density at radius 1 is 1.47 bits per heavy atom. The molecule has 2 heterocycles. The highest BCUT2D eigenvalue weighted by Gasteiger charge is 2.46. The minimum atomic E-state index is -0.631. The number of hydrogen-bond donors (Lipinski definition) is 2. The molecule has 0 aromatic heterocycles. The number of carbonyl (C=O) groups excluding carboxylic acids is 3. The molecule has 0 radical (unpaired) electrons. The van der Waals surface area contributed by atoms with Gasteiger partial charge >= 0.3 is 6.03 Å². The number of nitrogens with zero attached hydrogens (tertiary/aromatic N) is 3.